The van der Waals surface area contributed by atoms with E-state index in [2.05, 4.69) is 25.6 Å². The summed E-state index contributed by atoms with van der Waals surface area (Å²) in [6.07, 6.45) is 3.16. The molecule has 3 aromatic rings. The van der Waals surface area contributed by atoms with Gasteiger partial charge in [-0.25, -0.2) is 36.2 Å². The smallest absolute Gasteiger partial charge is 0.266 e. The minimum Gasteiger partial charge on any atom is -0.388 e. The molecule has 0 bridgehead atoms. The average Bonchev–Trinajstić information content (AvgIpc) is 3.35. The number of sulfonamides is 1. The maximum absolute atomic E-state index is 13.8. The lowest BCUT2D eigenvalue weighted by atomic mass is 10.00. The molecule has 3 heterocycles. The minimum atomic E-state index is -3.23. The fraction of sp³-hybridized carbons (Fsp3) is 0.619. The van der Waals surface area contributed by atoms with Crippen LogP contribution in [-0.2, 0) is 10.0 Å². The number of benzene rings is 1. The van der Waals surface area contributed by atoms with Gasteiger partial charge in [0.2, 0.25) is 16.0 Å². The van der Waals surface area contributed by atoms with Crippen LogP contribution in [-0.4, -0.2) is 73.8 Å². The van der Waals surface area contributed by atoms with Crippen LogP contribution in [0.4, 0.5) is 14.7 Å². The van der Waals surface area contributed by atoms with Crippen LogP contribution in [0.2, 0.25) is 0 Å². The quantitative estimate of drug-likeness (QED) is 0.553. The Labute approximate surface area is 195 Å². The van der Waals surface area contributed by atoms with Crippen LogP contribution in [0.15, 0.2) is 12.3 Å². The number of anilines is 1. The lowest BCUT2D eigenvalue weighted by Gasteiger charge is -2.30. The Kier molecular flexibility index (Phi) is 5.68. The zero-order valence-electron chi connectivity index (χ0n) is 18.9. The SMILES string of the molecule is C[C@@]1(O)CCC[C@H]1n1nnc2c(C(F)F)cc3cnc(NC4CCN(S(C)(=O)=O)CC4)nc3c21. The highest BCUT2D eigenvalue weighted by molar-refractivity contribution is 7.88. The Morgan fingerprint density at radius 1 is 1.24 bits per heavy atom. The van der Waals surface area contributed by atoms with Crippen molar-refractivity contribution in [3.05, 3.63) is 17.8 Å². The van der Waals surface area contributed by atoms with E-state index < -0.39 is 28.1 Å². The molecule has 0 amide bonds. The largest absolute Gasteiger partial charge is 0.388 e. The summed E-state index contributed by atoms with van der Waals surface area (Å²) in [6.45, 7) is 2.53. The Bertz CT molecular complexity index is 1340. The molecular weight excluding hydrogens is 468 g/mol. The van der Waals surface area contributed by atoms with Gasteiger partial charge in [-0.2, -0.15) is 0 Å². The third-order valence-corrected chi connectivity index (χ3v) is 8.29. The molecule has 1 aliphatic heterocycles. The second-order valence-electron chi connectivity index (χ2n) is 9.48. The lowest BCUT2D eigenvalue weighted by molar-refractivity contribution is 0.0231. The van der Waals surface area contributed by atoms with Gasteiger partial charge in [-0.3, -0.25) is 0 Å². The van der Waals surface area contributed by atoms with E-state index in [-0.39, 0.29) is 17.1 Å². The third kappa shape index (κ3) is 4.09. The molecule has 1 aliphatic carbocycles. The number of piperidine rings is 1. The molecule has 0 spiro atoms. The molecule has 2 N–H and O–H groups in total. The van der Waals surface area contributed by atoms with Crippen LogP contribution in [0, 0.1) is 0 Å². The topological polar surface area (TPSA) is 126 Å². The summed E-state index contributed by atoms with van der Waals surface area (Å²) < 4.78 is 54.2. The summed E-state index contributed by atoms with van der Waals surface area (Å²) in [6, 6.07) is 0.910. The average molecular weight is 496 g/mol. The van der Waals surface area contributed by atoms with Crippen LogP contribution in [0.5, 0.6) is 0 Å². The van der Waals surface area contributed by atoms with Gasteiger partial charge in [0.1, 0.15) is 16.6 Å². The van der Waals surface area contributed by atoms with E-state index in [1.54, 1.807) is 6.92 Å². The predicted octanol–water partition coefficient (Wildman–Crippen LogP) is 2.62. The maximum Gasteiger partial charge on any atom is 0.266 e. The number of nitrogens with one attached hydrogen (secondary N) is 1. The number of fused-ring (bicyclic) bond motifs is 3. The molecule has 13 heteroatoms. The van der Waals surface area contributed by atoms with E-state index in [1.165, 1.54) is 27.5 Å². The van der Waals surface area contributed by atoms with Crippen LogP contribution in [0.1, 0.15) is 57.1 Å². The summed E-state index contributed by atoms with van der Waals surface area (Å²) in [5, 5.41) is 22.8. The number of hydrogen-bond donors (Lipinski definition) is 2. The van der Waals surface area contributed by atoms with Crippen molar-refractivity contribution in [3.8, 4) is 0 Å². The molecule has 1 saturated heterocycles. The zero-order chi connectivity index (χ0) is 24.3. The van der Waals surface area contributed by atoms with Crippen molar-refractivity contribution < 1.29 is 22.3 Å². The Morgan fingerprint density at radius 2 is 1.97 bits per heavy atom. The number of alkyl halides is 2. The fourth-order valence-corrected chi connectivity index (χ4v) is 5.99. The molecule has 2 aliphatic rings. The van der Waals surface area contributed by atoms with Gasteiger partial charge in [0.05, 0.1) is 17.9 Å². The Hall–Kier alpha value is -2.51. The van der Waals surface area contributed by atoms with Gasteiger partial charge in [0, 0.05) is 36.3 Å². The van der Waals surface area contributed by atoms with E-state index in [0.717, 1.165) is 6.42 Å². The summed E-state index contributed by atoms with van der Waals surface area (Å²) in [4.78, 5) is 8.95. The highest BCUT2D eigenvalue weighted by atomic mass is 32.2. The van der Waals surface area contributed by atoms with Gasteiger partial charge in [0.25, 0.3) is 6.43 Å². The van der Waals surface area contributed by atoms with Gasteiger partial charge in [-0.15, -0.1) is 5.10 Å². The van der Waals surface area contributed by atoms with E-state index in [0.29, 0.717) is 61.1 Å². The molecule has 0 unspecified atom stereocenters. The number of halogens is 2. The molecule has 34 heavy (non-hydrogen) atoms. The molecule has 0 radical (unpaired) electrons. The number of aliphatic hydroxyl groups is 1. The van der Waals surface area contributed by atoms with Crippen LogP contribution in [0.25, 0.3) is 21.9 Å². The Balaban J connectivity index is 1.54. The molecule has 184 valence electrons. The fourth-order valence-electron chi connectivity index (χ4n) is 5.12. The third-order valence-electron chi connectivity index (χ3n) is 6.99. The summed E-state index contributed by atoms with van der Waals surface area (Å²) in [7, 11) is -3.23. The molecule has 1 saturated carbocycles. The lowest BCUT2D eigenvalue weighted by Crippen LogP contribution is -2.42. The van der Waals surface area contributed by atoms with Crippen molar-refractivity contribution in [2.24, 2.45) is 0 Å². The van der Waals surface area contributed by atoms with E-state index in [9.17, 15) is 22.3 Å². The zero-order valence-corrected chi connectivity index (χ0v) is 19.8. The van der Waals surface area contributed by atoms with Crippen molar-refractivity contribution in [1.82, 2.24) is 29.3 Å². The molecule has 2 aromatic heterocycles. The summed E-state index contributed by atoms with van der Waals surface area (Å²) >= 11 is 0. The van der Waals surface area contributed by atoms with Gasteiger partial charge in [-0.1, -0.05) is 5.21 Å². The monoisotopic (exact) mass is 495 g/mol. The van der Waals surface area contributed by atoms with Crippen LogP contribution in [0.3, 0.4) is 0 Å². The van der Waals surface area contributed by atoms with Crippen molar-refractivity contribution >= 4 is 37.9 Å². The minimum absolute atomic E-state index is 0.0233. The molecule has 10 nitrogen and oxygen atoms in total. The second kappa shape index (κ2) is 8.31. The van der Waals surface area contributed by atoms with Crippen LogP contribution >= 0.6 is 0 Å². The van der Waals surface area contributed by atoms with E-state index >= 15 is 0 Å². The second-order valence-corrected chi connectivity index (χ2v) is 11.5. The standard InChI is InChI=1S/C21H27F2N7O3S/c1-21(31)7-3-4-15(21)30-18-16-12(10-14(19(22)23)17(18)27-28-30)11-24-20(26-16)25-13-5-8-29(9-6-13)34(2,32)33/h10-11,13,15,19,31H,3-9H2,1-2H3,(H,24,25,26)/t15-,21-/m1/s1. The number of nitrogens with zero attached hydrogens (tertiary/aromatic N) is 6. The number of rotatable bonds is 5. The van der Waals surface area contributed by atoms with Crippen LogP contribution < -0.4 is 5.32 Å². The highest BCUT2D eigenvalue weighted by Crippen LogP contribution is 2.42. The summed E-state index contributed by atoms with van der Waals surface area (Å²) in [5.74, 6) is 0.322. The highest BCUT2D eigenvalue weighted by Gasteiger charge is 2.40. The predicted molar refractivity (Wildman–Crippen MR) is 122 cm³/mol. The summed E-state index contributed by atoms with van der Waals surface area (Å²) in [5.41, 5.74) is -0.425. The van der Waals surface area contributed by atoms with E-state index in [1.807, 2.05) is 0 Å². The molecular formula is C21H27F2N7O3S. The van der Waals surface area contributed by atoms with Crippen molar-refractivity contribution in [2.45, 2.75) is 63.1 Å². The first-order chi connectivity index (χ1) is 16.0. The van der Waals surface area contributed by atoms with Gasteiger partial charge in [-0.05, 0) is 45.1 Å². The number of aromatic nitrogens is 5. The van der Waals surface area contributed by atoms with Crippen molar-refractivity contribution in [2.75, 3.05) is 24.7 Å². The van der Waals surface area contributed by atoms with Crippen molar-refractivity contribution in [3.63, 3.8) is 0 Å². The van der Waals surface area contributed by atoms with Gasteiger partial charge < -0.3 is 10.4 Å². The molecule has 2 fully saturated rings. The molecule has 2 atom stereocenters. The van der Waals surface area contributed by atoms with Gasteiger partial charge in [0.15, 0.2) is 0 Å². The first-order valence-electron chi connectivity index (χ1n) is 11.3. The maximum atomic E-state index is 13.8. The Morgan fingerprint density at radius 3 is 2.59 bits per heavy atom. The first kappa shape index (κ1) is 23.2. The molecule has 1 aromatic carbocycles. The van der Waals surface area contributed by atoms with E-state index in [4.69, 9.17) is 0 Å². The number of hydrogen-bond acceptors (Lipinski definition) is 8. The van der Waals surface area contributed by atoms with Gasteiger partial charge >= 0.3 is 0 Å². The molecule has 5 rings (SSSR count). The normalized spacial score (nSPS) is 25.1. The van der Waals surface area contributed by atoms with Crippen molar-refractivity contribution in [1.29, 1.82) is 0 Å². The first-order valence-corrected chi connectivity index (χ1v) is 13.2.